The first-order valence-electron chi connectivity index (χ1n) is 9.10. The highest BCUT2D eigenvalue weighted by Gasteiger charge is 2.60. The molecule has 3 aromatic heterocycles. The van der Waals surface area contributed by atoms with E-state index in [1.54, 1.807) is 0 Å². The molecular formula is C18H15Cl2F3N6O3. The SMILES string of the molecule is C[C@@]1(C(F)(F)F)CN(C(=O)Nc2cnc([C@H](O)CO)c(Cl)c2)c2cnc3cc(Cl)nn3c21. The molecule has 0 unspecified atom stereocenters. The normalized spacial score (nSPS) is 19.3. The minimum atomic E-state index is -4.71. The number of anilines is 2. The number of pyridine rings is 1. The summed E-state index contributed by atoms with van der Waals surface area (Å²) in [5, 5.41) is 24.9. The molecule has 0 radical (unpaired) electrons. The van der Waals surface area contributed by atoms with Crippen molar-refractivity contribution >= 4 is 46.3 Å². The van der Waals surface area contributed by atoms with Gasteiger partial charge in [-0.25, -0.2) is 14.3 Å². The summed E-state index contributed by atoms with van der Waals surface area (Å²) in [6, 6.07) is 1.69. The van der Waals surface area contributed by atoms with Gasteiger partial charge in [0, 0.05) is 12.6 Å². The summed E-state index contributed by atoms with van der Waals surface area (Å²) in [6.45, 7) is -0.367. The number of amides is 2. The van der Waals surface area contributed by atoms with Crippen LogP contribution in [0.2, 0.25) is 10.2 Å². The molecule has 9 nitrogen and oxygen atoms in total. The van der Waals surface area contributed by atoms with E-state index in [0.29, 0.717) is 0 Å². The number of hydrogen-bond acceptors (Lipinski definition) is 6. The van der Waals surface area contributed by atoms with Crippen LogP contribution in [0.15, 0.2) is 24.5 Å². The fraction of sp³-hybridized carbons (Fsp3) is 0.333. The number of aliphatic hydroxyl groups is 2. The topological polar surface area (TPSA) is 116 Å². The third-order valence-electron chi connectivity index (χ3n) is 5.20. The van der Waals surface area contributed by atoms with Crippen molar-refractivity contribution in [1.82, 2.24) is 19.6 Å². The molecule has 1 aliphatic rings. The lowest BCUT2D eigenvalue weighted by Crippen LogP contribution is -2.46. The summed E-state index contributed by atoms with van der Waals surface area (Å²) in [7, 11) is 0. The number of aliphatic hydroxyl groups excluding tert-OH is 2. The lowest BCUT2D eigenvalue weighted by atomic mass is 9.88. The molecule has 0 fully saturated rings. The first-order chi connectivity index (χ1) is 15.0. The van der Waals surface area contributed by atoms with Crippen LogP contribution in [0.25, 0.3) is 5.65 Å². The molecule has 0 bridgehead atoms. The minimum absolute atomic E-state index is 0.00881. The highest BCUT2D eigenvalue weighted by Crippen LogP contribution is 2.50. The van der Waals surface area contributed by atoms with E-state index in [9.17, 15) is 23.1 Å². The molecule has 4 heterocycles. The molecule has 0 aromatic carbocycles. The van der Waals surface area contributed by atoms with Crippen molar-refractivity contribution in [3.63, 3.8) is 0 Å². The second-order valence-electron chi connectivity index (χ2n) is 7.36. The summed E-state index contributed by atoms with van der Waals surface area (Å²) in [5.74, 6) is 0. The van der Waals surface area contributed by atoms with E-state index in [1.165, 1.54) is 12.1 Å². The monoisotopic (exact) mass is 490 g/mol. The average Bonchev–Trinajstić information content (AvgIpc) is 3.24. The third kappa shape index (κ3) is 3.52. The quantitative estimate of drug-likeness (QED) is 0.518. The van der Waals surface area contributed by atoms with Crippen LogP contribution in [0, 0.1) is 0 Å². The van der Waals surface area contributed by atoms with E-state index in [4.69, 9.17) is 28.3 Å². The van der Waals surface area contributed by atoms with E-state index in [0.717, 1.165) is 28.7 Å². The third-order valence-corrected chi connectivity index (χ3v) is 5.69. The maximum Gasteiger partial charge on any atom is 0.401 e. The average molecular weight is 491 g/mol. The maximum absolute atomic E-state index is 14.1. The van der Waals surface area contributed by atoms with E-state index in [-0.39, 0.29) is 38.6 Å². The second-order valence-corrected chi connectivity index (χ2v) is 8.16. The van der Waals surface area contributed by atoms with Gasteiger partial charge in [0.1, 0.15) is 11.5 Å². The number of rotatable bonds is 3. The molecule has 32 heavy (non-hydrogen) atoms. The molecule has 170 valence electrons. The number of alkyl halides is 3. The van der Waals surface area contributed by atoms with Crippen molar-refractivity contribution in [2.24, 2.45) is 0 Å². The van der Waals surface area contributed by atoms with Gasteiger partial charge in [0.25, 0.3) is 0 Å². The van der Waals surface area contributed by atoms with Gasteiger partial charge in [0.2, 0.25) is 0 Å². The number of hydrogen-bond donors (Lipinski definition) is 3. The van der Waals surface area contributed by atoms with Crippen LogP contribution in [-0.2, 0) is 5.41 Å². The fourth-order valence-corrected chi connectivity index (χ4v) is 4.00. The van der Waals surface area contributed by atoms with Gasteiger partial charge in [0.15, 0.2) is 10.8 Å². The van der Waals surface area contributed by atoms with Crippen LogP contribution in [0.1, 0.15) is 24.4 Å². The highest BCUT2D eigenvalue weighted by atomic mass is 35.5. The Kier molecular flexibility index (Phi) is 5.44. The van der Waals surface area contributed by atoms with Crippen molar-refractivity contribution in [1.29, 1.82) is 0 Å². The molecule has 1 aliphatic heterocycles. The highest BCUT2D eigenvalue weighted by molar-refractivity contribution is 6.31. The zero-order valence-electron chi connectivity index (χ0n) is 16.2. The number of carbonyl (C=O) groups is 1. The van der Waals surface area contributed by atoms with Crippen LogP contribution in [0.5, 0.6) is 0 Å². The number of nitrogens with one attached hydrogen (secondary N) is 1. The van der Waals surface area contributed by atoms with Crippen LogP contribution in [0.3, 0.4) is 0 Å². The molecule has 0 spiro atoms. The summed E-state index contributed by atoms with van der Waals surface area (Å²) in [5.41, 5.74) is -2.62. The molecule has 4 rings (SSSR count). The Morgan fingerprint density at radius 3 is 2.66 bits per heavy atom. The van der Waals surface area contributed by atoms with Crippen LogP contribution >= 0.6 is 23.2 Å². The summed E-state index contributed by atoms with van der Waals surface area (Å²) in [6.07, 6.45) is -3.71. The van der Waals surface area contributed by atoms with E-state index in [1.807, 2.05) is 0 Å². The van der Waals surface area contributed by atoms with Crippen molar-refractivity contribution < 1.29 is 28.2 Å². The Hall–Kier alpha value is -2.67. The number of nitrogens with zero attached hydrogens (tertiary/aromatic N) is 5. The molecule has 2 amide bonds. The largest absolute Gasteiger partial charge is 0.401 e. The van der Waals surface area contributed by atoms with Crippen molar-refractivity contribution in [3.05, 3.63) is 46.1 Å². The van der Waals surface area contributed by atoms with Crippen LogP contribution in [0.4, 0.5) is 29.3 Å². The van der Waals surface area contributed by atoms with Crippen molar-refractivity contribution in [2.75, 3.05) is 23.4 Å². The van der Waals surface area contributed by atoms with E-state index in [2.05, 4.69) is 20.4 Å². The molecular weight excluding hydrogens is 476 g/mol. The molecule has 3 N–H and O–H groups in total. The number of halogens is 5. The molecule has 0 saturated carbocycles. The summed E-state index contributed by atoms with van der Waals surface area (Å²) in [4.78, 5) is 21.8. The van der Waals surface area contributed by atoms with Crippen molar-refractivity contribution in [2.45, 2.75) is 24.6 Å². The molecule has 0 aliphatic carbocycles. The Morgan fingerprint density at radius 1 is 1.31 bits per heavy atom. The Morgan fingerprint density at radius 2 is 2.03 bits per heavy atom. The number of fused-ring (bicyclic) bond motifs is 3. The summed E-state index contributed by atoms with van der Waals surface area (Å²) >= 11 is 11.9. The first-order valence-corrected chi connectivity index (χ1v) is 9.86. The fourth-order valence-electron chi connectivity index (χ4n) is 3.53. The van der Waals surface area contributed by atoms with Crippen LogP contribution in [-0.4, -0.2) is 55.2 Å². The summed E-state index contributed by atoms with van der Waals surface area (Å²) < 4.78 is 43.3. The van der Waals surface area contributed by atoms with Gasteiger partial charge in [0.05, 0.1) is 46.8 Å². The van der Waals surface area contributed by atoms with Crippen LogP contribution < -0.4 is 10.2 Å². The Balaban J connectivity index is 1.72. The van der Waals surface area contributed by atoms with Gasteiger partial charge in [-0.1, -0.05) is 23.2 Å². The number of aromatic nitrogens is 4. The predicted octanol–water partition coefficient (Wildman–Crippen LogP) is 3.33. The smallest absolute Gasteiger partial charge is 0.393 e. The lowest BCUT2D eigenvalue weighted by molar-refractivity contribution is -0.181. The molecule has 14 heteroatoms. The predicted molar refractivity (Wildman–Crippen MR) is 109 cm³/mol. The van der Waals surface area contributed by atoms with Gasteiger partial charge in [-0.05, 0) is 13.0 Å². The lowest BCUT2D eigenvalue weighted by Gasteiger charge is -2.28. The standard InChI is InChI=1S/C18H15Cl2F3N6O3/c1-17(18(21,22)23)7-28(10-5-24-13-3-12(20)27-29(13)15(10)17)16(32)26-8-2-9(19)14(25-4-8)11(31)6-30/h2-5,11,30-31H,6-7H2,1H3,(H,26,32)/t11-,17-/m1/s1. The van der Waals surface area contributed by atoms with E-state index >= 15 is 0 Å². The Labute approximate surface area is 188 Å². The zero-order chi connectivity index (χ0) is 23.4. The van der Waals surface area contributed by atoms with Gasteiger partial charge in [-0.15, -0.1) is 0 Å². The molecule has 3 aromatic rings. The Bertz CT molecular complexity index is 1220. The maximum atomic E-state index is 14.1. The zero-order valence-corrected chi connectivity index (χ0v) is 17.7. The van der Waals surface area contributed by atoms with E-state index < -0.39 is 36.9 Å². The number of carbonyl (C=O) groups excluding carboxylic acids is 1. The van der Waals surface area contributed by atoms with Gasteiger partial charge in [-0.3, -0.25) is 9.88 Å². The van der Waals surface area contributed by atoms with Gasteiger partial charge < -0.3 is 15.5 Å². The number of urea groups is 1. The second kappa shape index (κ2) is 7.73. The molecule has 0 saturated heterocycles. The van der Waals surface area contributed by atoms with Crippen molar-refractivity contribution in [3.8, 4) is 0 Å². The molecule has 2 atom stereocenters. The van der Waals surface area contributed by atoms with Gasteiger partial charge in [-0.2, -0.15) is 18.3 Å². The first kappa shape index (κ1) is 22.5. The van der Waals surface area contributed by atoms with Gasteiger partial charge >= 0.3 is 12.2 Å². The minimum Gasteiger partial charge on any atom is -0.393 e.